The normalized spacial score (nSPS) is 13.9. The average Bonchev–Trinajstić information content (AvgIpc) is 3.19. The fourth-order valence-corrected chi connectivity index (χ4v) is 4.90. The van der Waals surface area contributed by atoms with Crippen molar-refractivity contribution in [2.45, 2.75) is 31.3 Å². The molecule has 0 bridgehead atoms. The molecule has 1 aliphatic rings. The molecule has 2 N–H and O–H groups in total. The van der Waals surface area contributed by atoms with E-state index in [0.717, 1.165) is 22.4 Å². The summed E-state index contributed by atoms with van der Waals surface area (Å²) in [5, 5.41) is 5.81. The van der Waals surface area contributed by atoms with E-state index >= 15 is 0 Å². The fraction of sp³-hybridized carbons (Fsp3) is 0.286. The van der Waals surface area contributed by atoms with Gasteiger partial charge in [0.15, 0.2) is 0 Å². The van der Waals surface area contributed by atoms with Gasteiger partial charge in [-0.25, -0.2) is 4.79 Å². The van der Waals surface area contributed by atoms with Gasteiger partial charge in [0.2, 0.25) is 5.91 Å². The second-order valence-corrected chi connectivity index (χ2v) is 9.43. The Hall–Kier alpha value is -3.25. The van der Waals surface area contributed by atoms with E-state index in [-0.39, 0.29) is 24.5 Å². The van der Waals surface area contributed by atoms with Gasteiger partial charge in [0.25, 0.3) is 0 Å². The van der Waals surface area contributed by atoms with Crippen LogP contribution in [0.4, 0.5) is 4.79 Å². The molecule has 0 aliphatic heterocycles. The minimum atomic E-state index is -0.658. The number of carbonyl (C=O) groups is 2. The number of benzene rings is 3. The fourth-order valence-electron chi connectivity index (χ4n) is 4.43. The molecule has 1 aliphatic carbocycles. The van der Waals surface area contributed by atoms with Crippen LogP contribution in [0.15, 0.2) is 78.9 Å². The molecule has 0 aromatic heterocycles. The van der Waals surface area contributed by atoms with Crippen LogP contribution < -0.4 is 10.6 Å². The molecule has 3 aromatic rings. The number of fused-ring (bicyclic) bond motifs is 3. The molecule has 0 radical (unpaired) electrons. The van der Waals surface area contributed by atoms with Crippen molar-refractivity contribution in [3.8, 4) is 11.1 Å². The lowest BCUT2D eigenvalue weighted by Crippen LogP contribution is -2.48. The molecule has 0 fully saturated rings. The Morgan fingerprint density at radius 3 is 2.09 bits per heavy atom. The van der Waals surface area contributed by atoms with E-state index in [2.05, 4.69) is 34.9 Å². The summed E-state index contributed by atoms with van der Waals surface area (Å²) in [5.74, 6) is 0.523. The highest BCUT2D eigenvalue weighted by molar-refractivity contribution is 7.98. The third-order valence-electron chi connectivity index (χ3n) is 6.22. The lowest BCUT2D eigenvalue weighted by atomic mass is 9.98. The van der Waals surface area contributed by atoms with E-state index in [1.54, 1.807) is 11.8 Å². The molecule has 6 heteroatoms. The predicted molar refractivity (Wildman–Crippen MR) is 138 cm³/mol. The minimum absolute atomic E-state index is 0.0188. The lowest BCUT2D eigenvalue weighted by Gasteiger charge is -2.22. The zero-order valence-electron chi connectivity index (χ0n) is 19.5. The standard InChI is InChI=1S/C28H30N2O3S/c1-19(20-10-4-3-5-11-20)29-27(31)26(16-17-34-2)30-28(32)33-18-25-23-14-8-6-12-21(23)22-13-7-9-15-24(22)25/h3-15,19,25-26H,16-18H2,1-2H3,(H,29,31)(H,30,32)/t19-,26-/m0/s1. The van der Waals surface area contributed by atoms with Crippen LogP contribution in [0.5, 0.6) is 0 Å². The van der Waals surface area contributed by atoms with E-state index < -0.39 is 12.1 Å². The number of rotatable bonds is 9. The van der Waals surface area contributed by atoms with Gasteiger partial charge in [0, 0.05) is 5.92 Å². The molecule has 4 rings (SSSR count). The molecule has 5 nitrogen and oxygen atoms in total. The van der Waals surface area contributed by atoms with Crippen LogP contribution in [0.1, 0.15) is 42.0 Å². The first-order valence-electron chi connectivity index (χ1n) is 11.5. The first kappa shape index (κ1) is 23.9. The summed E-state index contributed by atoms with van der Waals surface area (Å²) in [6.07, 6.45) is 1.93. The molecule has 0 saturated heterocycles. The quantitative estimate of drug-likeness (QED) is 0.428. The summed E-state index contributed by atoms with van der Waals surface area (Å²) < 4.78 is 5.65. The maximum atomic E-state index is 13.0. The van der Waals surface area contributed by atoms with E-state index in [1.165, 1.54) is 11.1 Å². The number of thioether (sulfide) groups is 1. The molecule has 0 spiro atoms. The van der Waals surface area contributed by atoms with Gasteiger partial charge in [-0.3, -0.25) is 4.79 Å². The van der Waals surface area contributed by atoms with Gasteiger partial charge in [-0.1, -0.05) is 78.9 Å². The van der Waals surface area contributed by atoms with Gasteiger partial charge in [-0.15, -0.1) is 0 Å². The second-order valence-electron chi connectivity index (χ2n) is 8.44. The number of alkyl carbamates (subject to hydrolysis) is 1. The van der Waals surface area contributed by atoms with Crippen LogP contribution in [0, 0.1) is 0 Å². The molecule has 34 heavy (non-hydrogen) atoms. The van der Waals surface area contributed by atoms with Gasteiger partial charge < -0.3 is 15.4 Å². The second kappa shape index (κ2) is 11.3. The van der Waals surface area contributed by atoms with Gasteiger partial charge in [-0.2, -0.15) is 11.8 Å². The Morgan fingerprint density at radius 1 is 0.882 bits per heavy atom. The number of hydrogen-bond acceptors (Lipinski definition) is 4. The van der Waals surface area contributed by atoms with Crippen molar-refractivity contribution in [2.75, 3.05) is 18.6 Å². The van der Waals surface area contributed by atoms with Crippen molar-refractivity contribution in [3.63, 3.8) is 0 Å². The van der Waals surface area contributed by atoms with E-state index in [9.17, 15) is 9.59 Å². The highest BCUT2D eigenvalue weighted by Gasteiger charge is 2.30. The zero-order chi connectivity index (χ0) is 23.9. The highest BCUT2D eigenvalue weighted by atomic mass is 32.2. The monoisotopic (exact) mass is 474 g/mol. The maximum absolute atomic E-state index is 13.0. The Balaban J connectivity index is 1.39. The topological polar surface area (TPSA) is 67.4 Å². The van der Waals surface area contributed by atoms with Crippen molar-refractivity contribution in [2.24, 2.45) is 0 Å². The van der Waals surface area contributed by atoms with Crippen LogP contribution in [0.3, 0.4) is 0 Å². The van der Waals surface area contributed by atoms with Crippen molar-refractivity contribution in [1.82, 2.24) is 10.6 Å². The maximum Gasteiger partial charge on any atom is 0.407 e. The SMILES string of the molecule is CSCC[C@H](NC(=O)OCC1c2ccccc2-c2ccccc21)C(=O)N[C@@H](C)c1ccccc1. The molecular formula is C28H30N2O3S. The van der Waals surface area contributed by atoms with Crippen molar-refractivity contribution < 1.29 is 14.3 Å². The number of hydrogen-bond donors (Lipinski definition) is 2. The van der Waals surface area contributed by atoms with Crippen molar-refractivity contribution in [3.05, 3.63) is 95.6 Å². The van der Waals surface area contributed by atoms with E-state index in [4.69, 9.17) is 4.74 Å². The Kier molecular flexibility index (Phi) is 7.91. The third kappa shape index (κ3) is 5.45. The van der Waals surface area contributed by atoms with Crippen molar-refractivity contribution in [1.29, 1.82) is 0 Å². The smallest absolute Gasteiger partial charge is 0.407 e. The number of nitrogens with one attached hydrogen (secondary N) is 2. The number of ether oxygens (including phenoxy) is 1. The summed E-state index contributed by atoms with van der Waals surface area (Å²) in [5.41, 5.74) is 5.69. The van der Waals surface area contributed by atoms with E-state index in [0.29, 0.717) is 6.42 Å². The Bertz CT molecular complexity index is 1090. The molecule has 2 atom stereocenters. The van der Waals surface area contributed by atoms with Crippen molar-refractivity contribution >= 4 is 23.8 Å². The summed E-state index contributed by atoms with van der Waals surface area (Å²) in [4.78, 5) is 25.7. The molecule has 2 amide bonds. The molecule has 0 heterocycles. The largest absolute Gasteiger partial charge is 0.449 e. The molecule has 3 aromatic carbocycles. The minimum Gasteiger partial charge on any atom is -0.449 e. The molecular weight excluding hydrogens is 444 g/mol. The highest BCUT2D eigenvalue weighted by Crippen LogP contribution is 2.44. The van der Waals surface area contributed by atoms with Crippen LogP contribution in [-0.2, 0) is 9.53 Å². The predicted octanol–water partition coefficient (Wildman–Crippen LogP) is 5.52. The Morgan fingerprint density at radius 2 is 1.47 bits per heavy atom. The molecule has 176 valence electrons. The van der Waals surface area contributed by atoms with Crippen LogP contribution in [-0.4, -0.2) is 36.7 Å². The summed E-state index contributed by atoms with van der Waals surface area (Å²) in [6, 6.07) is 25.4. The molecule has 0 unspecified atom stereocenters. The average molecular weight is 475 g/mol. The number of amides is 2. The summed E-state index contributed by atoms with van der Waals surface area (Å²) in [7, 11) is 0. The first-order chi connectivity index (χ1) is 16.6. The van der Waals surface area contributed by atoms with Gasteiger partial charge >= 0.3 is 6.09 Å². The summed E-state index contributed by atoms with van der Waals surface area (Å²) >= 11 is 1.64. The van der Waals surface area contributed by atoms with Gasteiger partial charge in [-0.05, 0) is 53.2 Å². The zero-order valence-corrected chi connectivity index (χ0v) is 20.3. The lowest BCUT2D eigenvalue weighted by molar-refractivity contribution is -0.123. The van der Waals surface area contributed by atoms with Gasteiger partial charge in [0.1, 0.15) is 12.6 Å². The van der Waals surface area contributed by atoms with Gasteiger partial charge in [0.05, 0.1) is 6.04 Å². The number of carbonyl (C=O) groups excluding carboxylic acids is 2. The van der Waals surface area contributed by atoms with E-state index in [1.807, 2.05) is 67.8 Å². The molecule has 0 saturated carbocycles. The van der Waals surface area contributed by atoms with Crippen LogP contribution in [0.25, 0.3) is 11.1 Å². The Labute approximate surface area is 205 Å². The first-order valence-corrected chi connectivity index (χ1v) is 12.9. The van der Waals surface area contributed by atoms with Crippen LogP contribution in [0.2, 0.25) is 0 Å². The van der Waals surface area contributed by atoms with Crippen LogP contribution >= 0.6 is 11.8 Å². The third-order valence-corrected chi connectivity index (χ3v) is 6.87. The summed E-state index contributed by atoms with van der Waals surface area (Å²) in [6.45, 7) is 2.16.